The summed E-state index contributed by atoms with van der Waals surface area (Å²) in [6.07, 6.45) is 6.52. The first-order valence-electron chi connectivity index (χ1n) is 7.15. The molecule has 6 heteroatoms. The van der Waals surface area contributed by atoms with E-state index in [1.165, 1.54) is 24.2 Å². The number of nitrogens with zero attached hydrogens (tertiary/aromatic N) is 1. The van der Waals surface area contributed by atoms with Gasteiger partial charge < -0.3 is 5.11 Å². The number of thiophene rings is 1. The average molecular weight is 317 g/mol. The Hall–Kier alpha value is -0.430. The van der Waals surface area contributed by atoms with Gasteiger partial charge in [0.05, 0.1) is 11.5 Å². The van der Waals surface area contributed by atoms with Crippen molar-refractivity contribution in [1.82, 2.24) is 4.31 Å². The predicted molar refractivity (Wildman–Crippen MR) is 81.4 cm³/mol. The maximum atomic E-state index is 12.7. The molecule has 1 heterocycles. The minimum atomic E-state index is -3.44. The van der Waals surface area contributed by atoms with Crippen molar-refractivity contribution in [3.63, 3.8) is 0 Å². The molecule has 0 aromatic carbocycles. The van der Waals surface area contributed by atoms with Crippen molar-refractivity contribution in [3.8, 4) is 0 Å². The second-order valence-corrected chi connectivity index (χ2v) is 8.76. The lowest BCUT2D eigenvalue weighted by atomic mass is 10.1. The quantitative estimate of drug-likeness (QED) is 0.869. The zero-order valence-corrected chi connectivity index (χ0v) is 13.8. The van der Waals surface area contributed by atoms with E-state index < -0.39 is 10.0 Å². The van der Waals surface area contributed by atoms with Crippen LogP contribution in [0.2, 0.25) is 0 Å². The predicted octanol–water partition coefficient (Wildman–Crippen LogP) is 2.89. The number of hydrogen-bond donors (Lipinski definition) is 1. The van der Waals surface area contributed by atoms with Crippen molar-refractivity contribution < 1.29 is 13.5 Å². The molecule has 1 aliphatic rings. The van der Waals surface area contributed by atoms with Gasteiger partial charge in [-0.3, -0.25) is 0 Å². The Balaban J connectivity index is 2.25. The van der Waals surface area contributed by atoms with Gasteiger partial charge in [-0.05, 0) is 25.8 Å². The molecule has 1 aromatic heterocycles. The van der Waals surface area contributed by atoms with E-state index in [0.717, 1.165) is 30.6 Å². The molecule has 1 saturated carbocycles. The number of aliphatic hydroxyl groups is 1. The van der Waals surface area contributed by atoms with Crippen LogP contribution < -0.4 is 0 Å². The van der Waals surface area contributed by atoms with Crippen LogP contribution in [0.25, 0.3) is 0 Å². The summed E-state index contributed by atoms with van der Waals surface area (Å²) in [6, 6.07) is 1.72. The highest BCUT2D eigenvalue weighted by atomic mass is 32.2. The molecule has 0 spiro atoms. The lowest BCUT2D eigenvalue weighted by molar-refractivity contribution is 0.285. The molecule has 1 aromatic rings. The smallest absolute Gasteiger partial charge is 0.244 e. The monoisotopic (exact) mass is 317 g/mol. The molecule has 1 aliphatic carbocycles. The molecule has 20 heavy (non-hydrogen) atoms. The number of rotatable bonds is 4. The first-order valence-corrected chi connectivity index (χ1v) is 9.40. The highest BCUT2D eigenvalue weighted by molar-refractivity contribution is 7.89. The van der Waals surface area contributed by atoms with E-state index in [9.17, 15) is 8.42 Å². The molecule has 4 nitrogen and oxygen atoms in total. The van der Waals surface area contributed by atoms with Gasteiger partial charge in [0.2, 0.25) is 10.0 Å². The second kappa shape index (κ2) is 6.56. The third-order valence-corrected chi connectivity index (χ3v) is 7.28. The van der Waals surface area contributed by atoms with E-state index in [1.54, 1.807) is 24.3 Å². The van der Waals surface area contributed by atoms with Crippen LogP contribution in [0, 0.1) is 6.92 Å². The third kappa shape index (κ3) is 3.24. The highest BCUT2D eigenvalue weighted by Gasteiger charge is 2.30. The van der Waals surface area contributed by atoms with Crippen LogP contribution in [0.5, 0.6) is 0 Å². The molecule has 0 unspecified atom stereocenters. The van der Waals surface area contributed by atoms with Gasteiger partial charge in [0, 0.05) is 22.8 Å². The highest BCUT2D eigenvalue weighted by Crippen LogP contribution is 2.31. The van der Waals surface area contributed by atoms with Gasteiger partial charge in [-0.25, -0.2) is 8.42 Å². The Morgan fingerprint density at radius 2 is 1.90 bits per heavy atom. The summed E-state index contributed by atoms with van der Waals surface area (Å²) in [5, 5.41) is 9.17. The molecule has 0 radical (unpaired) electrons. The van der Waals surface area contributed by atoms with Crippen molar-refractivity contribution in [2.75, 3.05) is 7.05 Å². The topological polar surface area (TPSA) is 57.6 Å². The Morgan fingerprint density at radius 3 is 2.40 bits per heavy atom. The van der Waals surface area contributed by atoms with E-state index in [1.807, 2.05) is 0 Å². The molecule has 0 aliphatic heterocycles. The molecule has 0 atom stereocenters. The molecule has 1 fully saturated rings. The van der Waals surface area contributed by atoms with Crippen LogP contribution in [0.1, 0.15) is 48.3 Å². The summed E-state index contributed by atoms with van der Waals surface area (Å²) in [7, 11) is -1.75. The number of sulfonamides is 1. The van der Waals surface area contributed by atoms with Crippen LogP contribution in [-0.4, -0.2) is 30.9 Å². The molecule has 0 bridgehead atoms. The van der Waals surface area contributed by atoms with E-state index in [-0.39, 0.29) is 12.6 Å². The van der Waals surface area contributed by atoms with Gasteiger partial charge in [0.1, 0.15) is 0 Å². The van der Waals surface area contributed by atoms with Gasteiger partial charge in [-0.2, -0.15) is 4.31 Å². The van der Waals surface area contributed by atoms with Crippen molar-refractivity contribution in [3.05, 3.63) is 15.8 Å². The van der Waals surface area contributed by atoms with E-state index in [4.69, 9.17) is 5.11 Å². The number of aryl methyl sites for hydroxylation is 1. The first-order chi connectivity index (χ1) is 9.46. The third-order valence-electron chi connectivity index (χ3n) is 4.08. The van der Waals surface area contributed by atoms with Crippen molar-refractivity contribution in [2.24, 2.45) is 0 Å². The maximum Gasteiger partial charge on any atom is 0.244 e. The Morgan fingerprint density at radius 1 is 1.30 bits per heavy atom. The van der Waals surface area contributed by atoms with Crippen LogP contribution in [-0.2, 0) is 16.6 Å². The van der Waals surface area contributed by atoms with Gasteiger partial charge in [0.15, 0.2) is 0 Å². The van der Waals surface area contributed by atoms with Crippen LogP contribution in [0.15, 0.2) is 11.0 Å². The standard InChI is InChI=1S/C14H23NO3S2/c1-11-14(9-13(10-16)19-11)20(17,18)15(2)12-7-5-3-4-6-8-12/h9,12,16H,3-8,10H2,1-2H3. The van der Waals surface area contributed by atoms with Crippen LogP contribution >= 0.6 is 11.3 Å². The van der Waals surface area contributed by atoms with Crippen molar-refractivity contribution >= 4 is 21.4 Å². The normalized spacial score (nSPS) is 18.4. The molecule has 114 valence electrons. The Bertz CT molecular complexity index is 543. The minimum absolute atomic E-state index is 0.103. The lowest BCUT2D eigenvalue weighted by Crippen LogP contribution is -2.36. The fraction of sp³-hybridized carbons (Fsp3) is 0.714. The zero-order chi connectivity index (χ0) is 14.8. The molecular weight excluding hydrogens is 294 g/mol. The van der Waals surface area contributed by atoms with Crippen molar-refractivity contribution in [2.45, 2.75) is 63.0 Å². The maximum absolute atomic E-state index is 12.7. The summed E-state index contributed by atoms with van der Waals surface area (Å²) in [4.78, 5) is 1.82. The average Bonchev–Trinajstić information content (AvgIpc) is 2.64. The van der Waals surface area contributed by atoms with Crippen LogP contribution in [0.4, 0.5) is 0 Å². The Kier molecular flexibility index (Phi) is 5.23. The summed E-state index contributed by atoms with van der Waals surface area (Å²) in [5.41, 5.74) is 0. The molecule has 0 amide bonds. The summed E-state index contributed by atoms with van der Waals surface area (Å²) < 4.78 is 27.0. The molecule has 1 N–H and O–H groups in total. The van der Waals surface area contributed by atoms with E-state index in [0.29, 0.717) is 9.77 Å². The number of aliphatic hydroxyl groups excluding tert-OH is 1. The first kappa shape index (κ1) is 15.9. The zero-order valence-electron chi connectivity index (χ0n) is 12.1. The van der Waals surface area contributed by atoms with Gasteiger partial charge >= 0.3 is 0 Å². The fourth-order valence-electron chi connectivity index (χ4n) is 2.83. The molecule has 2 rings (SSSR count). The summed E-state index contributed by atoms with van der Waals surface area (Å²) in [5.74, 6) is 0. The van der Waals surface area contributed by atoms with Crippen molar-refractivity contribution in [1.29, 1.82) is 0 Å². The molecular formula is C14H23NO3S2. The van der Waals surface area contributed by atoms with Gasteiger partial charge in [0.25, 0.3) is 0 Å². The molecule has 0 saturated heterocycles. The largest absolute Gasteiger partial charge is 0.391 e. The second-order valence-electron chi connectivity index (χ2n) is 5.46. The van der Waals surface area contributed by atoms with E-state index in [2.05, 4.69) is 0 Å². The van der Waals surface area contributed by atoms with E-state index >= 15 is 0 Å². The Labute approximate surface area is 125 Å². The summed E-state index contributed by atoms with van der Waals surface area (Å²) in [6.45, 7) is 1.70. The SMILES string of the molecule is Cc1sc(CO)cc1S(=O)(=O)N(C)C1CCCCCC1. The number of hydrogen-bond acceptors (Lipinski definition) is 4. The van der Waals surface area contributed by atoms with Gasteiger partial charge in [-0.1, -0.05) is 25.7 Å². The summed E-state index contributed by atoms with van der Waals surface area (Å²) >= 11 is 1.35. The fourth-order valence-corrected chi connectivity index (χ4v) is 5.71. The lowest BCUT2D eigenvalue weighted by Gasteiger charge is -2.26. The van der Waals surface area contributed by atoms with Crippen LogP contribution in [0.3, 0.4) is 0 Å². The van der Waals surface area contributed by atoms with Gasteiger partial charge in [-0.15, -0.1) is 11.3 Å². The minimum Gasteiger partial charge on any atom is -0.391 e.